The van der Waals surface area contributed by atoms with E-state index in [1.807, 2.05) is 24.3 Å². The van der Waals surface area contributed by atoms with Crippen LogP contribution in [0.4, 0.5) is 0 Å². The van der Waals surface area contributed by atoms with Gasteiger partial charge in [-0.3, -0.25) is 0 Å². The van der Waals surface area contributed by atoms with E-state index in [0.717, 1.165) is 23.3 Å². The third-order valence-electron chi connectivity index (χ3n) is 5.83. The second-order valence-electron chi connectivity index (χ2n) is 9.29. The Kier molecular flexibility index (Phi) is 13.7. The molecule has 0 saturated heterocycles. The molecule has 9 nitrogen and oxygen atoms in total. The standard InChI is InChI=1S/C34H32O9/c1-6-9-10-11-12-33(38)43-30(24-42-32(37)8-3)23-40-29-19-15-26(16-20-29)34(4,5)25-13-17-28(18-14-25)39-21-27(35)22-41-31(36)7-2/h1,7-8,13-20,27,30,35H,2-3,21-24H2,4-5H3. The SMILES string of the molecule is C#CC#CC#CC(=O)OC(COC(=O)C=C)COc1ccc(C(C)(C)c2ccc(OCC(O)COC(=O)C=C)cc2)cc1. The first kappa shape index (κ1) is 33.8. The van der Waals surface area contributed by atoms with Crippen molar-refractivity contribution in [3.05, 3.63) is 85.0 Å². The van der Waals surface area contributed by atoms with Crippen LogP contribution in [-0.2, 0) is 34.0 Å². The summed E-state index contributed by atoms with van der Waals surface area (Å²) < 4.78 is 26.4. The number of ether oxygens (including phenoxy) is 5. The Hall–Kier alpha value is -5.43. The lowest BCUT2D eigenvalue weighted by molar-refractivity contribution is -0.153. The minimum absolute atomic E-state index is 0.0417. The van der Waals surface area contributed by atoms with Crippen molar-refractivity contribution in [2.45, 2.75) is 31.5 Å². The van der Waals surface area contributed by atoms with Crippen LogP contribution in [0, 0.1) is 36.0 Å². The molecular weight excluding hydrogens is 552 g/mol. The van der Waals surface area contributed by atoms with Crippen molar-refractivity contribution >= 4 is 17.9 Å². The van der Waals surface area contributed by atoms with Gasteiger partial charge in [0.2, 0.25) is 0 Å². The molecule has 0 aliphatic carbocycles. The maximum atomic E-state index is 12.0. The molecule has 222 valence electrons. The molecule has 0 aliphatic heterocycles. The van der Waals surface area contributed by atoms with Crippen LogP contribution in [0.5, 0.6) is 11.5 Å². The average Bonchev–Trinajstić information content (AvgIpc) is 3.02. The van der Waals surface area contributed by atoms with Crippen LogP contribution in [0.15, 0.2) is 73.8 Å². The fourth-order valence-corrected chi connectivity index (χ4v) is 3.45. The van der Waals surface area contributed by atoms with E-state index >= 15 is 0 Å². The van der Waals surface area contributed by atoms with Gasteiger partial charge in [0.15, 0.2) is 6.10 Å². The number of aliphatic hydroxyl groups is 1. The second kappa shape index (κ2) is 17.4. The van der Waals surface area contributed by atoms with Gasteiger partial charge < -0.3 is 28.8 Å². The van der Waals surface area contributed by atoms with E-state index in [-0.39, 0.29) is 31.8 Å². The van der Waals surface area contributed by atoms with E-state index < -0.39 is 30.1 Å². The van der Waals surface area contributed by atoms with Gasteiger partial charge >= 0.3 is 17.9 Å². The molecule has 2 rings (SSSR count). The van der Waals surface area contributed by atoms with Crippen molar-refractivity contribution in [1.82, 2.24) is 0 Å². The summed E-state index contributed by atoms with van der Waals surface area (Å²) in [4.78, 5) is 34.6. The van der Waals surface area contributed by atoms with Gasteiger partial charge in [0.05, 0.1) is 0 Å². The fourth-order valence-electron chi connectivity index (χ4n) is 3.45. The highest BCUT2D eigenvalue weighted by atomic mass is 16.6. The Balaban J connectivity index is 2.00. The zero-order valence-corrected chi connectivity index (χ0v) is 24.0. The number of hydrogen-bond donors (Lipinski definition) is 1. The first-order chi connectivity index (χ1) is 20.6. The Bertz CT molecular complexity index is 1440. The third kappa shape index (κ3) is 11.9. The van der Waals surface area contributed by atoms with Crippen molar-refractivity contribution in [2.24, 2.45) is 0 Å². The summed E-state index contributed by atoms with van der Waals surface area (Å²) in [5.41, 5.74) is 1.63. The molecule has 0 radical (unpaired) electrons. The lowest BCUT2D eigenvalue weighted by atomic mass is 9.78. The van der Waals surface area contributed by atoms with Gasteiger partial charge in [-0.2, -0.15) is 0 Å². The first-order valence-corrected chi connectivity index (χ1v) is 13.0. The quantitative estimate of drug-likeness (QED) is 0.111. The van der Waals surface area contributed by atoms with Gasteiger partial charge in [0.25, 0.3) is 0 Å². The molecule has 0 fully saturated rings. The van der Waals surface area contributed by atoms with E-state index in [1.165, 1.54) is 0 Å². The van der Waals surface area contributed by atoms with Crippen LogP contribution < -0.4 is 9.47 Å². The lowest BCUT2D eigenvalue weighted by Crippen LogP contribution is -2.30. The molecular formula is C34H32O9. The van der Waals surface area contributed by atoms with Crippen LogP contribution in [0.3, 0.4) is 0 Å². The Morgan fingerprint density at radius 3 is 1.84 bits per heavy atom. The maximum Gasteiger partial charge on any atom is 0.385 e. The molecule has 0 bridgehead atoms. The number of rotatable bonds is 15. The largest absolute Gasteiger partial charge is 0.491 e. The predicted octanol–water partition coefficient (Wildman–Crippen LogP) is 3.14. The van der Waals surface area contributed by atoms with Crippen molar-refractivity contribution in [1.29, 1.82) is 0 Å². The third-order valence-corrected chi connectivity index (χ3v) is 5.83. The van der Waals surface area contributed by atoms with Gasteiger partial charge in [-0.1, -0.05) is 51.3 Å². The molecule has 0 saturated carbocycles. The number of carbonyl (C=O) groups is 3. The van der Waals surface area contributed by atoms with Crippen LogP contribution >= 0.6 is 0 Å². The second-order valence-corrected chi connectivity index (χ2v) is 9.29. The van der Waals surface area contributed by atoms with Crippen LogP contribution in [0.1, 0.15) is 25.0 Å². The van der Waals surface area contributed by atoms with Gasteiger partial charge in [-0.05, 0) is 59.1 Å². The maximum absolute atomic E-state index is 12.0. The predicted molar refractivity (Wildman–Crippen MR) is 159 cm³/mol. The number of esters is 3. The molecule has 2 aromatic carbocycles. The molecule has 9 heteroatoms. The summed E-state index contributed by atoms with van der Waals surface area (Å²) in [6.45, 7) is 10.2. The topological polar surface area (TPSA) is 118 Å². The van der Waals surface area contributed by atoms with Crippen molar-refractivity contribution in [3.63, 3.8) is 0 Å². The van der Waals surface area contributed by atoms with Crippen molar-refractivity contribution in [3.8, 4) is 47.5 Å². The molecule has 0 aliphatic rings. The normalized spacial score (nSPS) is 11.4. The molecule has 2 unspecified atom stereocenters. The molecule has 0 heterocycles. The van der Waals surface area contributed by atoms with Crippen LogP contribution in [-0.4, -0.2) is 61.6 Å². The highest BCUT2D eigenvalue weighted by molar-refractivity contribution is 5.89. The van der Waals surface area contributed by atoms with E-state index in [9.17, 15) is 19.5 Å². The van der Waals surface area contributed by atoms with Gasteiger partial charge in [-0.15, -0.1) is 6.42 Å². The fraction of sp³-hybridized carbons (Fsp3) is 0.265. The minimum atomic E-state index is -0.974. The average molecular weight is 585 g/mol. The molecule has 0 aromatic heterocycles. The summed E-state index contributed by atoms with van der Waals surface area (Å²) in [6, 6.07) is 14.8. The Labute approximate surface area is 251 Å². The molecule has 2 atom stereocenters. The molecule has 0 amide bonds. The minimum Gasteiger partial charge on any atom is -0.491 e. The van der Waals surface area contributed by atoms with Crippen LogP contribution in [0.25, 0.3) is 0 Å². The number of aliphatic hydroxyl groups excluding tert-OH is 1. The zero-order chi connectivity index (χ0) is 31.7. The Morgan fingerprint density at radius 2 is 1.33 bits per heavy atom. The molecule has 1 N–H and O–H groups in total. The summed E-state index contributed by atoms with van der Waals surface area (Å²) in [5.74, 6) is 9.96. The highest BCUT2D eigenvalue weighted by Gasteiger charge is 2.23. The summed E-state index contributed by atoms with van der Waals surface area (Å²) >= 11 is 0. The number of hydrogen-bond acceptors (Lipinski definition) is 9. The molecule has 43 heavy (non-hydrogen) atoms. The Morgan fingerprint density at radius 1 is 0.814 bits per heavy atom. The molecule has 2 aromatic rings. The number of benzene rings is 2. The van der Waals surface area contributed by atoms with Crippen molar-refractivity contribution < 1.29 is 43.2 Å². The number of carbonyl (C=O) groups excluding carboxylic acids is 3. The van der Waals surface area contributed by atoms with E-state index in [0.29, 0.717) is 11.5 Å². The smallest absolute Gasteiger partial charge is 0.385 e. The van der Waals surface area contributed by atoms with E-state index in [4.69, 9.17) is 30.1 Å². The highest BCUT2D eigenvalue weighted by Crippen LogP contribution is 2.33. The van der Waals surface area contributed by atoms with Gasteiger partial charge in [-0.25, -0.2) is 14.4 Å². The van der Waals surface area contributed by atoms with Crippen LogP contribution in [0.2, 0.25) is 0 Å². The van der Waals surface area contributed by atoms with Crippen molar-refractivity contribution in [2.75, 3.05) is 26.4 Å². The zero-order valence-electron chi connectivity index (χ0n) is 24.0. The molecule has 0 spiro atoms. The summed E-state index contributed by atoms with van der Waals surface area (Å²) in [6.07, 6.45) is 5.10. The van der Waals surface area contributed by atoms with Gasteiger partial charge in [0, 0.05) is 23.5 Å². The lowest BCUT2D eigenvalue weighted by Gasteiger charge is -2.26. The summed E-state index contributed by atoms with van der Waals surface area (Å²) in [7, 11) is 0. The first-order valence-electron chi connectivity index (χ1n) is 13.0. The van der Waals surface area contributed by atoms with Gasteiger partial charge in [0.1, 0.15) is 44.0 Å². The number of terminal acetylenes is 1. The summed E-state index contributed by atoms with van der Waals surface area (Å²) in [5, 5.41) is 9.92. The van der Waals surface area contributed by atoms with E-state index in [2.05, 4.69) is 56.6 Å². The van der Waals surface area contributed by atoms with E-state index in [1.54, 1.807) is 24.3 Å². The monoisotopic (exact) mass is 584 g/mol.